The highest BCUT2D eigenvalue weighted by molar-refractivity contribution is 7.80. The number of hydrogen-bond donors (Lipinski definition) is 3. The highest BCUT2D eigenvalue weighted by atomic mass is 32.1. The van der Waals surface area contributed by atoms with Crippen LogP contribution in [-0.2, 0) is 5.41 Å². The number of thiocarbonyl (C=S) groups is 1. The lowest BCUT2D eigenvalue weighted by Crippen LogP contribution is -2.32. The van der Waals surface area contributed by atoms with E-state index in [0.29, 0.717) is 12.2 Å². The summed E-state index contributed by atoms with van der Waals surface area (Å²) >= 11 is 5.24. The maximum Gasteiger partial charge on any atom is 0.187 e. The number of hydrazone groups is 1. The van der Waals surface area contributed by atoms with Crippen molar-refractivity contribution in [2.24, 2.45) is 10.8 Å². The Kier molecular flexibility index (Phi) is 5.53. The number of allylic oxidation sites excluding steroid dienone is 1. The van der Waals surface area contributed by atoms with E-state index in [4.69, 9.17) is 22.7 Å². The van der Waals surface area contributed by atoms with Gasteiger partial charge in [-0.1, -0.05) is 19.9 Å². The highest BCUT2D eigenvalue weighted by Crippen LogP contribution is 2.43. The normalized spacial score (nSPS) is 16.4. The van der Waals surface area contributed by atoms with Gasteiger partial charge in [0.25, 0.3) is 0 Å². The van der Waals surface area contributed by atoms with Crippen LogP contribution in [0.1, 0.15) is 43.0 Å². The van der Waals surface area contributed by atoms with Crippen LogP contribution in [0.2, 0.25) is 0 Å². The van der Waals surface area contributed by atoms with Crippen LogP contribution in [0.5, 0.6) is 17.2 Å². The molecule has 29 heavy (non-hydrogen) atoms. The summed E-state index contributed by atoms with van der Waals surface area (Å²) in [6, 6.07) is 10.0. The Balaban J connectivity index is 2.09. The van der Waals surface area contributed by atoms with Gasteiger partial charge in [0.05, 0.1) is 18.9 Å². The van der Waals surface area contributed by atoms with E-state index in [9.17, 15) is 10.2 Å². The van der Waals surface area contributed by atoms with Crippen LogP contribution in [-0.4, -0.2) is 33.2 Å². The van der Waals surface area contributed by atoms with Crippen LogP contribution in [0.25, 0.3) is 0 Å². The van der Waals surface area contributed by atoms with Gasteiger partial charge in [0.1, 0.15) is 17.2 Å². The standard InChI is InChI=1S/C22H25N3O3S/c1-5-22(2,3)16-10-15(20(28-4)12-19(16)27)18-11-17(24-25(18)21(23)29)13-6-8-14(26)9-7-13/h5-10,12,18,26-27H,1,11H2,2-4H3,(H2,23,29). The largest absolute Gasteiger partial charge is 0.508 e. The van der Waals surface area contributed by atoms with E-state index >= 15 is 0 Å². The van der Waals surface area contributed by atoms with E-state index in [1.54, 1.807) is 48.5 Å². The quantitative estimate of drug-likeness (QED) is 0.509. The first-order valence-corrected chi connectivity index (χ1v) is 9.59. The number of methoxy groups -OCH3 is 1. The summed E-state index contributed by atoms with van der Waals surface area (Å²) in [6.45, 7) is 7.84. The number of phenolic OH excluding ortho intramolecular Hbond substituents is 2. The summed E-state index contributed by atoms with van der Waals surface area (Å²) in [4.78, 5) is 0. The van der Waals surface area contributed by atoms with Gasteiger partial charge in [-0.3, -0.25) is 0 Å². The van der Waals surface area contributed by atoms with Crippen molar-refractivity contribution in [1.29, 1.82) is 0 Å². The number of nitrogens with zero attached hydrogens (tertiary/aromatic N) is 2. The smallest absolute Gasteiger partial charge is 0.187 e. The molecule has 0 amide bonds. The third-order valence-electron chi connectivity index (χ3n) is 5.25. The zero-order chi connectivity index (χ0) is 21.3. The summed E-state index contributed by atoms with van der Waals surface area (Å²) < 4.78 is 5.54. The maximum absolute atomic E-state index is 10.5. The fraction of sp³-hybridized carbons (Fsp3) is 0.273. The Morgan fingerprint density at radius 3 is 2.52 bits per heavy atom. The maximum atomic E-state index is 10.5. The Morgan fingerprint density at radius 1 is 1.31 bits per heavy atom. The number of hydrogen-bond acceptors (Lipinski definition) is 5. The average molecular weight is 412 g/mol. The molecule has 7 heteroatoms. The van der Waals surface area contributed by atoms with Crippen LogP contribution in [0.4, 0.5) is 0 Å². The van der Waals surface area contributed by atoms with Crippen LogP contribution in [0, 0.1) is 0 Å². The molecule has 0 saturated heterocycles. The van der Waals surface area contributed by atoms with E-state index in [0.717, 1.165) is 22.4 Å². The predicted molar refractivity (Wildman–Crippen MR) is 119 cm³/mol. The van der Waals surface area contributed by atoms with Crippen molar-refractivity contribution in [1.82, 2.24) is 5.01 Å². The number of phenols is 2. The topological polar surface area (TPSA) is 91.3 Å². The second-order valence-electron chi connectivity index (χ2n) is 7.53. The Bertz CT molecular complexity index is 984. The molecule has 2 aromatic carbocycles. The monoisotopic (exact) mass is 411 g/mol. The first kappa shape index (κ1) is 20.7. The molecule has 0 bridgehead atoms. The summed E-state index contributed by atoms with van der Waals surface area (Å²) in [5.74, 6) is 0.848. The van der Waals surface area contributed by atoms with Crippen LogP contribution in [0.15, 0.2) is 54.2 Å². The molecule has 152 valence electrons. The number of rotatable bonds is 5. The first-order valence-electron chi connectivity index (χ1n) is 9.18. The van der Waals surface area contributed by atoms with Gasteiger partial charge in [0.2, 0.25) is 0 Å². The number of aromatic hydroxyl groups is 2. The van der Waals surface area contributed by atoms with Crippen molar-refractivity contribution < 1.29 is 14.9 Å². The zero-order valence-corrected chi connectivity index (χ0v) is 17.5. The molecule has 1 unspecified atom stereocenters. The van der Waals surface area contributed by atoms with Gasteiger partial charge in [0.15, 0.2) is 5.11 Å². The molecule has 2 aromatic rings. The summed E-state index contributed by atoms with van der Waals surface area (Å²) in [5.41, 5.74) is 8.73. The minimum Gasteiger partial charge on any atom is -0.508 e. The molecule has 0 saturated carbocycles. The van der Waals surface area contributed by atoms with Crippen molar-refractivity contribution in [3.05, 3.63) is 65.7 Å². The Hall–Kier alpha value is -3.06. The van der Waals surface area contributed by atoms with Gasteiger partial charge < -0.3 is 20.7 Å². The lowest BCUT2D eigenvalue weighted by atomic mass is 9.82. The van der Waals surface area contributed by atoms with Crippen LogP contribution >= 0.6 is 12.2 Å². The molecule has 0 aromatic heterocycles. The molecular formula is C22H25N3O3S. The number of benzene rings is 2. The van der Waals surface area contributed by atoms with Crippen molar-refractivity contribution in [3.63, 3.8) is 0 Å². The Morgan fingerprint density at radius 2 is 1.97 bits per heavy atom. The van der Waals surface area contributed by atoms with Crippen molar-refractivity contribution in [2.45, 2.75) is 31.7 Å². The van der Waals surface area contributed by atoms with Gasteiger partial charge >= 0.3 is 0 Å². The predicted octanol–water partition coefficient (Wildman–Crippen LogP) is 3.96. The molecule has 0 spiro atoms. The molecular weight excluding hydrogens is 386 g/mol. The van der Waals surface area contributed by atoms with Gasteiger partial charge in [-0.2, -0.15) is 5.10 Å². The molecule has 1 atom stereocenters. The average Bonchev–Trinajstić information content (AvgIpc) is 3.13. The number of nitrogens with two attached hydrogens (primary N) is 1. The fourth-order valence-electron chi connectivity index (χ4n) is 3.43. The number of ether oxygens (including phenoxy) is 1. The molecule has 1 heterocycles. The minimum atomic E-state index is -0.446. The summed E-state index contributed by atoms with van der Waals surface area (Å²) in [5, 5.41) is 26.5. The summed E-state index contributed by atoms with van der Waals surface area (Å²) in [7, 11) is 1.55. The van der Waals surface area contributed by atoms with E-state index < -0.39 is 5.41 Å². The van der Waals surface area contributed by atoms with Crippen molar-refractivity contribution in [3.8, 4) is 17.2 Å². The van der Waals surface area contributed by atoms with Gasteiger partial charge in [-0.15, -0.1) is 6.58 Å². The Labute approximate surface area is 175 Å². The lowest BCUT2D eigenvalue weighted by molar-refractivity contribution is 0.344. The molecule has 3 rings (SSSR count). The lowest BCUT2D eigenvalue weighted by Gasteiger charge is -2.28. The van der Waals surface area contributed by atoms with Gasteiger partial charge in [0, 0.05) is 29.0 Å². The zero-order valence-electron chi connectivity index (χ0n) is 16.7. The van der Waals surface area contributed by atoms with Gasteiger partial charge in [-0.05, 0) is 48.1 Å². The minimum absolute atomic E-state index is 0.134. The van der Waals surface area contributed by atoms with Crippen LogP contribution < -0.4 is 10.5 Å². The molecule has 1 aliphatic heterocycles. The van der Waals surface area contributed by atoms with E-state index in [1.807, 2.05) is 19.9 Å². The highest BCUT2D eigenvalue weighted by Gasteiger charge is 2.34. The second kappa shape index (κ2) is 7.75. The van der Waals surface area contributed by atoms with Crippen LogP contribution in [0.3, 0.4) is 0 Å². The van der Waals surface area contributed by atoms with E-state index in [-0.39, 0.29) is 22.7 Å². The third-order valence-corrected chi connectivity index (χ3v) is 5.44. The SMILES string of the molecule is C=CC(C)(C)c1cc(C2CC(c3ccc(O)cc3)=NN2C(N)=S)c(OC)cc1O. The molecule has 0 fully saturated rings. The molecule has 0 aliphatic carbocycles. The second-order valence-corrected chi connectivity index (χ2v) is 7.95. The molecule has 6 nitrogen and oxygen atoms in total. The van der Waals surface area contributed by atoms with Crippen molar-refractivity contribution in [2.75, 3.05) is 7.11 Å². The molecule has 4 N–H and O–H groups in total. The van der Waals surface area contributed by atoms with Gasteiger partial charge in [-0.25, -0.2) is 5.01 Å². The molecule has 1 aliphatic rings. The fourth-order valence-corrected chi connectivity index (χ4v) is 3.60. The van der Waals surface area contributed by atoms with E-state index in [2.05, 4.69) is 11.7 Å². The van der Waals surface area contributed by atoms with E-state index in [1.165, 1.54) is 0 Å². The molecule has 0 radical (unpaired) electrons. The third kappa shape index (κ3) is 3.91. The first-order chi connectivity index (χ1) is 13.7. The van der Waals surface area contributed by atoms with Crippen molar-refractivity contribution >= 4 is 23.0 Å². The summed E-state index contributed by atoms with van der Waals surface area (Å²) in [6.07, 6.45) is 2.33.